The van der Waals surface area contributed by atoms with Crippen molar-refractivity contribution < 1.29 is 9.90 Å². The van der Waals surface area contributed by atoms with Crippen molar-refractivity contribution in [2.24, 2.45) is 0 Å². The summed E-state index contributed by atoms with van der Waals surface area (Å²) in [6, 6.07) is 2.39. The molecule has 4 aliphatic rings. The third kappa shape index (κ3) is 2.88. The van der Waals surface area contributed by atoms with E-state index in [1.54, 1.807) is 12.1 Å². The number of nitrogens with zero attached hydrogens (tertiary/aromatic N) is 5. The number of rotatable bonds is 2. The fraction of sp³-hybridized carbons (Fsp3) is 0.364. The molecule has 1 amide bonds. The monoisotopic (exact) mass is 421 g/mol. The third-order valence-electron chi connectivity index (χ3n) is 6.53. The lowest BCUT2D eigenvalue weighted by Crippen LogP contribution is -2.60. The molecule has 30 heavy (non-hydrogen) atoms. The zero-order chi connectivity index (χ0) is 20.4. The van der Waals surface area contributed by atoms with Gasteiger partial charge in [-0.3, -0.25) is 9.69 Å². The summed E-state index contributed by atoms with van der Waals surface area (Å²) in [5.74, 6) is 0.172. The lowest BCUT2D eigenvalue weighted by molar-refractivity contribution is -0.123. The molecule has 3 unspecified atom stereocenters. The molecule has 0 saturated carbocycles. The summed E-state index contributed by atoms with van der Waals surface area (Å²) >= 11 is 0. The molecule has 0 spiro atoms. The molecule has 4 aliphatic heterocycles. The van der Waals surface area contributed by atoms with Crippen LogP contribution in [0.15, 0.2) is 48.6 Å². The summed E-state index contributed by atoms with van der Waals surface area (Å²) in [5, 5.41) is 11.3. The van der Waals surface area contributed by atoms with E-state index in [4.69, 9.17) is 0 Å². The van der Waals surface area contributed by atoms with Crippen LogP contribution in [0, 0.1) is 6.92 Å². The van der Waals surface area contributed by atoms with Crippen molar-refractivity contribution in [1.29, 1.82) is 0 Å². The predicted molar refractivity (Wildman–Crippen MR) is 117 cm³/mol. The topological polar surface area (TPSA) is 64.3 Å². The molecule has 7 nitrogen and oxygen atoms in total. The van der Waals surface area contributed by atoms with Crippen LogP contribution in [0.2, 0.25) is 0 Å². The molecule has 0 radical (unpaired) electrons. The summed E-state index contributed by atoms with van der Waals surface area (Å²) in [5.41, 5.74) is 3.40. The quantitative estimate of drug-likeness (QED) is 0.755. The van der Waals surface area contributed by atoms with Crippen molar-refractivity contribution in [2.75, 3.05) is 26.2 Å². The highest BCUT2D eigenvalue weighted by molar-refractivity contribution is 7.51. The van der Waals surface area contributed by atoms with Crippen LogP contribution >= 0.6 is 8.58 Å². The molecule has 154 valence electrons. The van der Waals surface area contributed by atoms with Crippen LogP contribution in [-0.2, 0) is 4.79 Å². The normalized spacial score (nSPS) is 27.0. The number of aromatic hydroxyl groups is 1. The van der Waals surface area contributed by atoms with Gasteiger partial charge in [0.05, 0.1) is 17.2 Å². The van der Waals surface area contributed by atoms with Gasteiger partial charge in [-0.15, -0.1) is 0 Å². The van der Waals surface area contributed by atoms with Gasteiger partial charge in [0.15, 0.2) is 11.4 Å². The van der Waals surface area contributed by atoms with Gasteiger partial charge in [0.1, 0.15) is 0 Å². The van der Waals surface area contributed by atoms with Gasteiger partial charge in [0.25, 0.3) is 5.91 Å². The minimum atomic E-state index is -0.000668. The molecular formula is C22H24N5O2P. The highest BCUT2D eigenvalue weighted by Gasteiger charge is 2.35. The fourth-order valence-corrected chi connectivity index (χ4v) is 6.16. The van der Waals surface area contributed by atoms with Crippen molar-refractivity contribution in [3.05, 3.63) is 59.8 Å². The first-order valence-corrected chi connectivity index (χ1v) is 11.5. The molecular weight excluding hydrogens is 397 g/mol. The van der Waals surface area contributed by atoms with Crippen molar-refractivity contribution in [3.8, 4) is 5.75 Å². The number of fused-ring (bicyclic) bond motifs is 3. The maximum atomic E-state index is 13.0. The molecule has 3 atom stereocenters. The van der Waals surface area contributed by atoms with Gasteiger partial charge in [0, 0.05) is 62.5 Å². The van der Waals surface area contributed by atoms with Crippen molar-refractivity contribution in [2.45, 2.75) is 25.2 Å². The number of imidazole rings is 1. The van der Waals surface area contributed by atoms with Crippen LogP contribution in [0.1, 0.15) is 17.7 Å². The maximum absolute atomic E-state index is 13.0. The number of hydrogen-bond acceptors (Lipinski definition) is 5. The van der Waals surface area contributed by atoms with Crippen molar-refractivity contribution in [3.63, 3.8) is 0 Å². The Balaban J connectivity index is 1.27. The summed E-state index contributed by atoms with van der Waals surface area (Å²) in [6.07, 6.45) is 13.2. The van der Waals surface area contributed by atoms with Crippen LogP contribution in [0.3, 0.4) is 0 Å². The van der Waals surface area contributed by atoms with Gasteiger partial charge in [0.2, 0.25) is 0 Å². The number of carbonyl (C=O) groups excluding carboxylic acids is 1. The number of hydrogen-bond donors (Lipinski definition) is 1. The van der Waals surface area contributed by atoms with E-state index in [0.29, 0.717) is 20.3 Å². The van der Waals surface area contributed by atoms with Crippen LogP contribution in [0.4, 0.5) is 0 Å². The standard InChI is InChI=1S/C22H24N5O2P/c1-14-10-26-11-15(8-18(28)22(26)23-14)19-9-20(29)27-13-16(2-3-21(27)30-19)25-7-6-24-5-4-17(24)12-25/h2-3,8-11,13,17,21,28,30H,4-7,12H2,1H3. The average molecular weight is 421 g/mol. The maximum Gasteiger partial charge on any atom is 0.252 e. The summed E-state index contributed by atoms with van der Waals surface area (Å²) in [4.78, 5) is 24.2. The third-order valence-corrected chi connectivity index (χ3v) is 8.04. The molecule has 0 aliphatic carbocycles. The highest BCUT2D eigenvalue weighted by atomic mass is 31.1. The molecule has 6 rings (SSSR count). The Bertz CT molecular complexity index is 1150. The second-order valence-corrected chi connectivity index (χ2v) is 9.88. The number of pyridine rings is 1. The summed E-state index contributed by atoms with van der Waals surface area (Å²) in [6.45, 7) is 6.31. The van der Waals surface area contributed by atoms with Gasteiger partial charge in [-0.25, -0.2) is 4.98 Å². The number of aromatic nitrogens is 2. The minimum Gasteiger partial charge on any atom is -0.504 e. The van der Waals surface area contributed by atoms with Crippen LogP contribution in [-0.4, -0.2) is 73.1 Å². The highest BCUT2D eigenvalue weighted by Crippen LogP contribution is 2.45. The van der Waals surface area contributed by atoms with Crippen molar-refractivity contribution >= 4 is 25.4 Å². The van der Waals surface area contributed by atoms with E-state index in [1.165, 1.54) is 13.0 Å². The van der Waals surface area contributed by atoms with Crippen LogP contribution < -0.4 is 0 Å². The lowest BCUT2D eigenvalue weighted by atomic mass is 9.99. The summed E-state index contributed by atoms with van der Waals surface area (Å²) < 4.78 is 1.83. The molecule has 8 heteroatoms. The Labute approximate surface area is 176 Å². The largest absolute Gasteiger partial charge is 0.504 e. The molecule has 6 heterocycles. The fourth-order valence-electron chi connectivity index (χ4n) is 4.79. The van der Waals surface area contributed by atoms with Gasteiger partial charge in [-0.05, 0) is 30.8 Å². The second-order valence-electron chi connectivity index (χ2n) is 8.46. The number of piperazine rings is 1. The Morgan fingerprint density at radius 2 is 2.13 bits per heavy atom. The minimum absolute atomic E-state index is 0.000668. The molecule has 2 fully saturated rings. The van der Waals surface area contributed by atoms with E-state index in [1.807, 2.05) is 34.8 Å². The first kappa shape index (κ1) is 18.2. The second kappa shape index (κ2) is 6.69. The molecule has 2 aromatic heterocycles. The molecule has 0 bridgehead atoms. The summed E-state index contributed by atoms with van der Waals surface area (Å²) in [7, 11) is 0.424. The molecule has 0 aromatic carbocycles. The Morgan fingerprint density at radius 3 is 2.93 bits per heavy atom. The smallest absolute Gasteiger partial charge is 0.252 e. The first-order valence-electron chi connectivity index (χ1n) is 10.4. The van der Waals surface area contributed by atoms with E-state index in [0.717, 1.165) is 41.9 Å². The van der Waals surface area contributed by atoms with Crippen LogP contribution in [0.5, 0.6) is 5.75 Å². The molecule has 2 saturated heterocycles. The lowest BCUT2D eigenvalue weighted by Gasteiger charge is -2.50. The van der Waals surface area contributed by atoms with Gasteiger partial charge in [-0.1, -0.05) is 14.7 Å². The van der Waals surface area contributed by atoms with E-state index < -0.39 is 0 Å². The number of aryl methyl sites for hydroxylation is 1. The molecule has 1 N–H and O–H groups in total. The predicted octanol–water partition coefficient (Wildman–Crippen LogP) is 2.34. The van der Waals surface area contributed by atoms with E-state index in [9.17, 15) is 9.90 Å². The van der Waals surface area contributed by atoms with E-state index >= 15 is 0 Å². The Morgan fingerprint density at radius 1 is 1.23 bits per heavy atom. The first-order chi connectivity index (χ1) is 14.5. The molecule has 2 aromatic rings. The van der Waals surface area contributed by atoms with Crippen molar-refractivity contribution in [1.82, 2.24) is 24.1 Å². The number of amides is 1. The van der Waals surface area contributed by atoms with Gasteiger partial charge < -0.3 is 19.3 Å². The van der Waals surface area contributed by atoms with E-state index in [-0.39, 0.29) is 17.4 Å². The Kier molecular flexibility index (Phi) is 4.05. The average Bonchev–Trinajstić information content (AvgIpc) is 3.09. The SMILES string of the molecule is Cc1cn2cc(C3=CC(=O)N4C=C(N5CCN6CCC6C5)C=CC4P3)cc(O)c2n1. The van der Waals surface area contributed by atoms with Crippen LogP contribution in [0.25, 0.3) is 11.0 Å². The Hall–Kier alpha value is -2.63. The zero-order valence-electron chi connectivity index (χ0n) is 16.8. The van der Waals surface area contributed by atoms with E-state index in [2.05, 4.69) is 26.9 Å². The number of allylic oxidation sites excluding steroid dienone is 1. The zero-order valence-corrected chi connectivity index (χ0v) is 17.8. The number of carbonyl (C=O) groups is 1. The van der Waals surface area contributed by atoms with Gasteiger partial charge in [-0.2, -0.15) is 0 Å². The van der Waals surface area contributed by atoms with Gasteiger partial charge >= 0.3 is 0 Å².